The number of unbranched alkanes of at least 4 members (excludes halogenated alkanes) is 11. The van der Waals surface area contributed by atoms with Crippen molar-refractivity contribution in [3.05, 3.63) is 0 Å². The van der Waals surface area contributed by atoms with Gasteiger partial charge in [0.25, 0.3) is 0 Å². The highest BCUT2D eigenvalue weighted by Crippen LogP contribution is 2.48. The Morgan fingerprint density at radius 3 is 1.18 bits per heavy atom. The lowest BCUT2D eigenvalue weighted by Crippen LogP contribution is -2.03. The second-order valence-corrected chi connectivity index (χ2v) is 10.7. The molecule has 10 heteroatoms. The molecule has 0 amide bonds. The largest absolute Gasteiger partial charge is 0.396 e. The molecular weight excluding hydrogens is 406 g/mol. The Morgan fingerprint density at radius 2 is 0.893 bits per heavy atom. The summed E-state index contributed by atoms with van der Waals surface area (Å²) in [5.41, 5.74) is -1.41. The molecule has 2 N–H and O–H groups in total. The van der Waals surface area contributed by atoms with Crippen LogP contribution in [0.15, 0.2) is 0 Å². The maximum atomic E-state index is 11.8. The number of rotatable bonds is 19. The van der Waals surface area contributed by atoms with E-state index >= 15 is 0 Å². The Morgan fingerprint density at radius 1 is 0.607 bits per heavy atom. The van der Waals surface area contributed by atoms with Crippen molar-refractivity contribution in [3.8, 4) is 0 Å². The molecule has 0 aromatic carbocycles. The molecule has 0 aromatic heterocycles. The smallest absolute Gasteiger partial charge is 0.319 e. The molecule has 0 rings (SSSR count). The Bertz CT molecular complexity index is 536. The molecule has 8 nitrogen and oxygen atoms in total. The topological polar surface area (TPSA) is 127 Å². The van der Waals surface area contributed by atoms with Crippen LogP contribution in [0.1, 0.15) is 89.9 Å². The summed E-state index contributed by atoms with van der Waals surface area (Å²) in [4.78, 5) is 40.2. The lowest BCUT2D eigenvalue weighted by atomic mass is 10.0. The SMILES string of the molecule is COP(=O)(OC)C(=O)CCCCCCCCCCCCCCC(=O)P(=O)(O)O. The van der Waals surface area contributed by atoms with Gasteiger partial charge in [-0.25, -0.2) is 0 Å². The summed E-state index contributed by atoms with van der Waals surface area (Å²) in [7, 11) is -5.66. The standard InChI is InChI=1S/C18H36O8P2/c1-25-28(24,26-2)18(20)16-14-12-10-8-6-4-3-5-7-9-11-13-15-17(19)27(21,22)23/h3-16H2,1-2H3,(H2,21,22,23). The summed E-state index contributed by atoms with van der Waals surface area (Å²) >= 11 is 0. The van der Waals surface area contributed by atoms with Crippen LogP contribution in [0.4, 0.5) is 0 Å². The van der Waals surface area contributed by atoms with Gasteiger partial charge in [0.15, 0.2) is 0 Å². The first kappa shape index (κ1) is 27.6. The molecule has 0 aliphatic carbocycles. The van der Waals surface area contributed by atoms with Gasteiger partial charge < -0.3 is 18.8 Å². The van der Waals surface area contributed by atoms with Crippen LogP contribution >= 0.6 is 15.2 Å². The van der Waals surface area contributed by atoms with Crippen LogP contribution in [0, 0.1) is 0 Å². The molecule has 0 heterocycles. The number of carbonyl (C=O) groups is 2. The number of hydrogen-bond acceptors (Lipinski definition) is 6. The lowest BCUT2D eigenvalue weighted by molar-refractivity contribution is -0.114. The van der Waals surface area contributed by atoms with Gasteiger partial charge in [-0.1, -0.05) is 64.2 Å². The molecule has 166 valence electrons. The highest BCUT2D eigenvalue weighted by Gasteiger charge is 2.30. The van der Waals surface area contributed by atoms with Gasteiger partial charge >= 0.3 is 15.2 Å². The molecule has 0 unspecified atom stereocenters. The Labute approximate surface area is 168 Å². The molecule has 0 aliphatic heterocycles. The highest BCUT2D eigenvalue weighted by molar-refractivity contribution is 7.71. The fourth-order valence-electron chi connectivity index (χ4n) is 2.88. The molecule has 0 saturated heterocycles. The molecule has 0 aromatic rings. The van der Waals surface area contributed by atoms with Crippen LogP contribution in [0.25, 0.3) is 0 Å². The van der Waals surface area contributed by atoms with Crippen LogP contribution in [-0.2, 0) is 27.8 Å². The Kier molecular flexibility index (Phi) is 15.3. The molecule has 0 radical (unpaired) electrons. The second-order valence-electron chi connectivity index (χ2n) is 6.94. The summed E-state index contributed by atoms with van der Waals surface area (Å²) < 4.78 is 31.9. The van der Waals surface area contributed by atoms with E-state index in [0.717, 1.165) is 64.2 Å². The molecule has 0 fully saturated rings. The normalized spacial score (nSPS) is 12.3. The van der Waals surface area contributed by atoms with Crippen molar-refractivity contribution in [3.63, 3.8) is 0 Å². The first-order chi connectivity index (χ1) is 13.2. The third-order valence-corrected chi connectivity index (χ3v) is 7.31. The van der Waals surface area contributed by atoms with Crippen molar-refractivity contribution in [1.29, 1.82) is 0 Å². The number of hydrogen-bond donors (Lipinski definition) is 2. The summed E-state index contributed by atoms with van der Waals surface area (Å²) in [5.74, 6) is 0. The first-order valence-corrected chi connectivity index (χ1v) is 13.2. The highest BCUT2D eigenvalue weighted by atomic mass is 31.2. The maximum Gasteiger partial charge on any atom is 0.396 e. The van der Waals surface area contributed by atoms with Crippen LogP contribution in [0.2, 0.25) is 0 Å². The van der Waals surface area contributed by atoms with Crippen LogP contribution in [0.3, 0.4) is 0 Å². The maximum absolute atomic E-state index is 11.8. The van der Waals surface area contributed by atoms with Crippen molar-refractivity contribution >= 4 is 26.2 Å². The summed E-state index contributed by atoms with van der Waals surface area (Å²) in [6, 6.07) is 0. The lowest BCUT2D eigenvalue weighted by Gasteiger charge is -2.11. The molecular formula is C18H36O8P2. The van der Waals surface area contributed by atoms with E-state index < -0.39 is 26.2 Å². The molecule has 0 atom stereocenters. The molecule has 0 spiro atoms. The van der Waals surface area contributed by atoms with Crippen LogP contribution < -0.4 is 0 Å². The van der Waals surface area contributed by atoms with Crippen molar-refractivity contribution < 1.29 is 37.6 Å². The Hall–Kier alpha value is -0.360. The zero-order chi connectivity index (χ0) is 21.5. The van der Waals surface area contributed by atoms with E-state index in [-0.39, 0.29) is 12.8 Å². The van der Waals surface area contributed by atoms with Gasteiger partial charge in [-0.3, -0.25) is 18.7 Å². The van der Waals surface area contributed by atoms with Gasteiger partial charge in [-0.2, -0.15) is 0 Å². The third kappa shape index (κ3) is 13.0. The van der Waals surface area contributed by atoms with Crippen LogP contribution in [0.5, 0.6) is 0 Å². The predicted octanol–water partition coefficient (Wildman–Crippen LogP) is 5.16. The summed E-state index contributed by atoms with van der Waals surface area (Å²) in [6.07, 6.45) is 12.0. The quantitative estimate of drug-likeness (QED) is 0.207. The van der Waals surface area contributed by atoms with E-state index in [4.69, 9.17) is 9.79 Å². The average molecular weight is 442 g/mol. The Balaban J connectivity index is 3.41. The predicted molar refractivity (Wildman–Crippen MR) is 108 cm³/mol. The van der Waals surface area contributed by atoms with E-state index in [9.17, 15) is 18.7 Å². The van der Waals surface area contributed by atoms with Gasteiger partial charge in [-0.05, 0) is 12.8 Å². The minimum Gasteiger partial charge on any atom is -0.319 e. The van der Waals surface area contributed by atoms with E-state index in [1.807, 2.05) is 0 Å². The van der Waals surface area contributed by atoms with Crippen LogP contribution in [-0.4, -0.2) is 35.1 Å². The van der Waals surface area contributed by atoms with E-state index in [2.05, 4.69) is 9.05 Å². The molecule has 28 heavy (non-hydrogen) atoms. The minimum atomic E-state index is -4.54. The van der Waals surface area contributed by atoms with Crippen molar-refractivity contribution in [1.82, 2.24) is 0 Å². The van der Waals surface area contributed by atoms with Gasteiger partial charge in [-0.15, -0.1) is 0 Å². The zero-order valence-corrected chi connectivity index (χ0v) is 18.9. The van der Waals surface area contributed by atoms with Crippen molar-refractivity contribution in [2.24, 2.45) is 0 Å². The molecule has 0 aliphatic rings. The zero-order valence-electron chi connectivity index (χ0n) is 17.1. The van der Waals surface area contributed by atoms with E-state index in [0.29, 0.717) is 12.8 Å². The summed E-state index contributed by atoms with van der Waals surface area (Å²) in [5, 5.41) is 0. The van der Waals surface area contributed by atoms with E-state index in [1.54, 1.807) is 0 Å². The third-order valence-electron chi connectivity index (χ3n) is 4.64. The molecule has 0 saturated carbocycles. The average Bonchev–Trinajstić information content (AvgIpc) is 2.66. The number of carbonyl (C=O) groups excluding carboxylic acids is 2. The molecule has 0 bridgehead atoms. The van der Waals surface area contributed by atoms with Crippen molar-refractivity contribution in [2.75, 3.05) is 14.2 Å². The van der Waals surface area contributed by atoms with Gasteiger partial charge in [0, 0.05) is 27.1 Å². The van der Waals surface area contributed by atoms with Gasteiger partial charge in [0.1, 0.15) is 0 Å². The van der Waals surface area contributed by atoms with Crippen molar-refractivity contribution in [2.45, 2.75) is 89.9 Å². The fourth-order valence-corrected chi connectivity index (χ4v) is 4.32. The van der Waals surface area contributed by atoms with Gasteiger partial charge in [0.05, 0.1) is 0 Å². The van der Waals surface area contributed by atoms with E-state index in [1.165, 1.54) is 14.2 Å². The minimum absolute atomic E-state index is 0.0373. The second kappa shape index (κ2) is 15.5. The summed E-state index contributed by atoms with van der Waals surface area (Å²) in [6.45, 7) is 0. The van der Waals surface area contributed by atoms with Gasteiger partial charge in [0.2, 0.25) is 11.0 Å². The monoisotopic (exact) mass is 442 g/mol. The first-order valence-electron chi connectivity index (χ1n) is 10.0. The fraction of sp³-hybridized carbons (Fsp3) is 0.889.